The van der Waals surface area contributed by atoms with Crippen LogP contribution in [0.1, 0.15) is 35.6 Å². The van der Waals surface area contributed by atoms with Gasteiger partial charge in [0.15, 0.2) is 0 Å². The van der Waals surface area contributed by atoms with E-state index in [1.54, 1.807) is 11.1 Å². The Kier molecular flexibility index (Phi) is 5.11. The smallest absolute Gasteiger partial charge is 0.324 e. The normalized spacial score (nSPS) is 15.8. The molecule has 3 rings (SSSR count). The van der Waals surface area contributed by atoms with Crippen molar-refractivity contribution < 1.29 is 18.0 Å². The van der Waals surface area contributed by atoms with Gasteiger partial charge in [0.25, 0.3) is 0 Å². The number of likely N-dealkylation sites (tertiary alicyclic amines) is 1. The molecular weight excluding hydrogens is 345 g/mol. The van der Waals surface area contributed by atoms with E-state index in [9.17, 15) is 18.0 Å². The van der Waals surface area contributed by atoms with Crippen molar-refractivity contribution in [2.75, 3.05) is 18.4 Å². The second kappa shape index (κ2) is 7.31. The number of hydrogen-bond acceptors (Lipinski definition) is 3. The Morgan fingerprint density at radius 2 is 2.00 bits per heavy atom. The summed E-state index contributed by atoms with van der Waals surface area (Å²) in [5.41, 5.74) is 1.38. The first kappa shape index (κ1) is 18.2. The number of rotatable bonds is 2. The van der Waals surface area contributed by atoms with Crippen LogP contribution in [0.25, 0.3) is 0 Å². The minimum Gasteiger partial charge on any atom is -0.324 e. The van der Waals surface area contributed by atoms with Gasteiger partial charge in [0.1, 0.15) is 6.33 Å². The summed E-state index contributed by atoms with van der Waals surface area (Å²) < 4.78 is 38.3. The largest absolute Gasteiger partial charge is 0.416 e. The number of carbonyl (C=O) groups excluding carboxylic acids is 1. The highest BCUT2D eigenvalue weighted by Crippen LogP contribution is 2.31. The maximum Gasteiger partial charge on any atom is 0.416 e. The fourth-order valence-corrected chi connectivity index (χ4v) is 3.17. The number of aryl methyl sites for hydroxylation is 1. The van der Waals surface area contributed by atoms with Crippen molar-refractivity contribution in [1.82, 2.24) is 14.9 Å². The molecule has 138 valence electrons. The molecule has 0 saturated carbocycles. The Bertz CT molecular complexity index is 786. The lowest BCUT2D eigenvalue weighted by Gasteiger charge is -2.32. The molecule has 0 atom stereocenters. The fourth-order valence-electron chi connectivity index (χ4n) is 3.17. The molecule has 0 spiro atoms. The van der Waals surface area contributed by atoms with Crippen LogP contribution in [-0.2, 0) is 6.18 Å². The first-order valence-corrected chi connectivity index (χ1v) is 8.34. The van der Waals surface area contributed by atoms with E-state index in [4.69, 9.17) is 0 Å². The molecule has 5 nitrogen and oxygen atoms in total. The van der Waals surface area contributed by atoms with E-state index in [0.717, 1.165) is 36.2 Å². The highest BCUT2D eigenvalue weighted by atomic mass is 19.4. The average Bonchev–Trinajstić information content (AvgIpc) is 2.62. The number of halogens is 3. The minimum atomic E-state index is -4.44. The van der Waals surface area contributed by atoms with Crippen LogP contribution in [0.15, 0.2) is 36.8 Å². The highest BCUT2D eigenvalue weighted by molar-refractivity contribution is 5.89. The fraction of sp³-hybridized carbons (Fsp3) is 0.389. The van der Waals surface area contributed by atoms with Crippen molar-refractivity contribution in [3.8, 4) is 0 Å². The highest BCUT2D eigenvalue weighted by Gasteiger charge is 2.31. The predicted molar refractivity (Wildman–Crippen MR) is 90.8 cm³/mol. The minimum absolute atomic E-state index is 0.138. The Morgan fingerprint density at radius 1 is 1.27 bits per heavy atom. The van der Waals surface area contributed by atoms with Gasteiger partial charge in [-0.3, -0.25) is 0 Å². The van der Waals surface area contributed by atoms with Crippen LogP contribution >= 0.6 is 0 Å². The number of carbonyl (C=O) groups is 1. The molecule has 8 heteroatoms. The first-order chi connectivity index (χ1) is 12.3. The van der Waals surface area contributed by atoms with E-state index >= 15 is 0 Å². The van der Waals surface area contributed by atoms with Gasteiger partial charge in [-0.25, -0.2) is 14.8 Å². The third-order valence-electron chi connectivity index (χ3n) is 4.55. The first-order valence-electron chi connectivity index (χ1n) is 8.34. The second-order valence-corrected chi connectivity index (χ2v) is 6.36. The maximum atomic E-state index is 12.8. The van der Waals surface area contributed by atoms with Crippen molar-refractivity contribution in [2.24, 2.45) is 0 Å². The number of amides is 2. The third-order valence-corrected chi connectivity index (χ3v) is 4.55. The molecule has 0 radical (unpaired) electrons. The molecule has 0 aliphatic carbocycles. The van der Waals surface area contributed by atoms with Gasteiger partial charge in [0.05, 0.1) is 5.56 Å². The van der Waals surface area contributed by atoms with Gasteiger partial charge in [-0.2, -0.15) is 13.2 Å². The van der Waals surface area contributed by atoms with E-state index in [2.05, 4.69) is 15.3 Å². The number of aromatic nitrogens is 2. The second-order valence-electron chi connectivity index (χ2n) is 6.36. The van der Waals surface area contributed by atoms with Crippen molar-refractivity contribution in [3.63, 3.8) is 0 Å². The summed E-state index contributed by atoms with van der Waals surface area (Å²) in [6, 6.07) is 4.26. The van der Waals surface area contributed by atoms with Crippen LogP contribution in [0, 0.1) is 6.92 Å². The van der Waals surface area contributed by atoms with Crippen LogP contribution in [0.2, 0.25) is 0 Å². The zero-order valence-corrected chi connectivity index (χ0v) is 14.3. The summed E-state index contributed by atoms with van der Waals surface area (Å²) in [6.07, 6.45) is 0.375. The zero-order valence-electron chi connectivity index (χ0n) is 14.3. The van der Waals surface area contributed by atoms with Crippen molar-refractivity contribution >= 4 is 11.7 Å². The van der Waals surface area contributed by atoms with Crippen LogP contribution in [-0.4, -0.2) is 34.0 Å². The molecule has 1 N–H and O–H groups in total. The number of nitrogens with zero attached hydrogens (tertiary/aromatic N) is 3. The van der Waals surface area contributed by atoms with Gasteiger partial charge in [0.2, 0.25) is 0 Å². The number of benzene rings is 1. The number of urea groups is 1. The third kappa shape index (κ3) is 4.12. The summed E-state index contributed by atoms with van der Waals surface area (Å²) in [7, 11) is 0. The Labute approximate surface area is 149 Å². The monoisotopic (exact) mass is 364 g/mol. The SMILES string of the molecule is Cc1cncnc1C1CCN(C(=O)Nc2cccc(C(F)(F)F)c2)CC1. The molecule has 1 aromatic heterocycles. The summed E-state index contributed by atoms with van der Waals surface area (Å²) in [5, 5.41) is 2.55. The molecule has 1 aliphatic heterocycles. The molecule has 2 aromatic rings. The summed E-state index contributed by atoms with van der Waals surface area (Å²) in [4.78, 5) is 22.3. The van der Waals surface area contributed by atoms with Crippen LogP contribution in [0.4, 0.5) is 23.7 Å². The Balaban J connectivity index is 1.60. The standard InChI is InChI=1S/C18H19F3N4O/c1-12-10-22-11-23-16(12)13-5-7-25(8-6-13)17(26)24-15-4-2-3-14(9-15)18(19,20)21/h2-4,9-11,13H,5-8H2,1H3,(H,24,26). The summed E-state index contributed by atoms with van der Waals surface area (Å²) in [5.74, 6) is 0.260. The molecule has 1 aliphatic rings. The van der Waals surface area contributed by atoms with Crippen LogP contribution in [0.3, 0.4) is 0 Å². The lowest BCUT2D eigenvalue weighted by molar-refractivity contribution is -0.137. The van der Waals surface area contributed by atoms with E-state index in [-0.39, 0.29) is 17.6 Å². The molecule has 2 heterocycles. The number of hydrogen-bond donors (Lipinski definition) is 1. The van der Waals surface area contributed by atoms with Gasteiger partial charge in [0, 0.05) is 36.6 Å². The van der Waals surface area contributed by atoms with Crippen molar-refractivity contribution in [2.45, 2.75) is 31.9 Å². The van der Waals surface area contributed by atoms with E-state index in [1.165, 1.54) is 18.5 Å². The van der Waals surface area contributed by atoms with Crippen LogP contribution in [0.5, 0.6) is 0 Å². The molecule has 1 fully saturated rings. The van der Waals surface area contributed by atoms with Gasteiger partial charge in [-0.05, 0) is 43.5 Å². The molecule has 1 aromatic carbocycles. The molecular formula is C18H19F3N4O. The van der Waals surface area contributed by atoms with E-state index < -0.39 is 11.7 Å². The van der Waals surface area contributed by atoms with Crippen molar-refractivity contribution in [1.29, 1.82) is 0 Å². The number of alkyl halides is 3. The molecule has 0 unspecified atom stereocenters. The molecule has 2 amide bonds. The van der Waals surface area contributed by atoms with Gasteiger partial charge >= 0.3 is 12.2 Å². The number of anilines is 1. The van der Waals surface area contributed by atoms with Gasteiger partial charge < -0.3 is 10.2 Å². The van der Waals surface area contributed by atoms with E-state index in [1.807, 2.05) is 6.92 Å². The van der Waals surface area contributed by atoms with Gasteiger partial charge in [-0.1, -0.05) is 6.07 Å². The summed E-state index contributed by atoms with van der Waals surface area (Å²) in [6.45, 7) is 3.01. The average molecular weight is 364 g/mol. The Hall–Kier alpha value is -2.64. The maximum absolute atomic E-state index is 12.8. The summed E-state index contributed by atoms with van der Waals surface area (Å²) >= 11 is 0. The molecule has 1 saturated heterocycles. The van der Waals surface area contributed by atoms with Crippen LogP contribution < -0.4 is 5.32 Å². The van der Waals surface area contributed by atoms with Crippen molar-refractivity contribution in [3.05, 3.63) is 53.6 Å². The molecule has 0 bridgehead atoms. The lowest BCUT2D eigenvalue weighted by atomic mass is 9.91. The Morgan fingerprint density at radius 3 is 2.65 bits per heavy atom. The molecule has 26 heavy (non-hydrogen) atoms. The quantitative estimate of drug-likeness (QED) is 0.868. The topological polar surface area (TPSA) is 58.1 Å². The predicted octanol–water partition coefficient (Wildman–Crippen LogP) is 4.22. The lowest BCUT2D eigenvalue weighted by Crippen LogP contribution is -2.40. The van der Waals surface area contributed by atoms with E-state index in [0.29, 0.717) is 13.1 Å². The zero-order chi connectivity index (χ0) is 18.7. The van der Waals surface area contributed by atoms with Gasteiger partial charge in [-0.15, -0.1) is 0 Å². The number of piperidine rings is 1. The number of nitrogens with one attached hydrogen (secondary N) is 1.